The van der Waals surface area contributed by atoms with E-state index < -0.39 is 5.97 Å². The second kappa shape index (κ2) is 10.4. The van der Waals surface area contributed by atoms with Crippen LogP contribution in [0.1, 0.15) is 42.6 Å². The summed E-state index contributed by atoms with van der Waals surface area (Å²) >= 11 is 1.36. The molecule has 1 heterocycles. The van der Waals surface area contributed by atoms with E-state index in [0.29, 0.717) is 16.5 Å². The van der Waals surface area contributed by atoms with Gasteiger partial charge in [-0.15, -0.1) is 11.3 Å². The summed E-state index contributed by atoms with van der Waals surface area (Å²) in [6.07, 6.45) is 0.167. The summed E-state index contributed by atoms with van der Waals surface area (Å²) in [5.74, 6) is -0.000303. The number of carbonyl (C=O) groups is 2. The molecule has 0 atom stereocenters. The van der Waals surface area contributed by atoms with Crippen molar-refractivity contribution in [2.24, 2.45) is 0 Å². The van der Waals surface area contributed by atoms with Crippen LogP contribution in [0, 0.1) is 6.92 Å². The van der Waals surface area contributed by atoms with Crippen molar-refractivity contribution in [3.63, 3.8) is 0 Å². The monoisotopic (exact) mass is 452 g/mol. The second-order valence-electron chi connectivity index (χ2n) is 8.55. The Bertz CT molecular complexity index is 1050. The summed E-state index contributed by atoms with van der Waals surface area (Å²) in [7, 11) is 0. The van der Waals surface area contributed by atoms with Crippen molar-refractivity contribution in [3.05, 3.63) is 75.7 Å². The van der Waals surface area contributed by atoms with E-state index in [2.05, 4.69) is 31.1 Å². The van der Waals surface area contributed by atoms with Crippen molar-refractivity contribution < 1.29 is 19.1 Å². The van der Waals surface area contributed by atoms with Gasteiger partial charge >= 0.3 is 5.97 Å². The minimum atomic E-state index is -0.475. The first kappa shape index (κ1) is 23.5. The Labute approximate surface area is 192 Å². The van der Waals surface area contributed by atoms with Crippen LogP contribution in [0.15, 0.2) is 53.9 Å². The third-order valence-electron chi connectivity index (χ3n) is 4.70. The van der Waals surface area contributed by atoms with Crippen LogP contribution in [0.4, 0.5) is 5.69 Å². The van der Waals surface area contributed by atoms with Gasteiger partial charge < -0.3 is 14.8 Å². The number of nitrogens with one attached hydrogen (secondary N) is 1. The molecule has 0 radical (unpaired) electrons. The summed E-state index contributed by atoms with van der Waals surface area (Å²) in [5, 5.41) is 5.30. The van der Waals surface area contributed by atoms with Crippen molar-refractivity contribution >= 4 is 28.9 Å². The maximum atomic E-state index is 12.2. The lowest BCUT2D eigenvalue weighted by molar-refractivity contribution is -0.147. The van der Waals surface area contributed by atoms with Gasteiger partial charge in [0.2, 0.25) is 5.91 Å². The van der Waals surface area contributed by atoms with Gasteiger partial charge in [0.25, 0.3) is 0 Å². The van der Waals surface area contributed by atoms with Crippen LogP contribution < -0.4 is 10.1 Å². The van der Waals surface area contributed by atoms with Crippen molar-refractivity contribution in [1.29, 1.82) is 0 Å². The highest BCUT2D eigenvalue weighted by atomic mass is 32.1. The lowest BCUT2D eigenvalue weighted by atomic mass is 9.87. The van der Waals surface area contributed by atoms with Gasteiger partial charge in [-0.2, -0.15) is 0 Å². The molecule has 1 amide bonds. The Morgan fingerprint density at radius 3 is 2.38 bits per heavy atom. The van der Waals surface area contributed by atoms with Gasteiger partial charge in [-0.3, -0.25) is 4.79 Å². The number of hydrogen-bond donors (Lipinski definition) is 1. The Morgan fingerprint density at radius 1 is 1.03 bits per heavy atom. The van der Waals surface area contributed by atoms with Gasteiger partial charge in [0.1, 0.15) is 17.4 Å². The number of carbonyl (C=O) groups excluding carboxylic acids is 2. The number of hydrogen-bond acceptors (Lipinski definition) is 6. The molecule has 0 aliphatic rings. The molecule has 32 heavy (non-hydrogen) atoms. The van der Waals surface area contributed by atoms with Crippen LogP contribution in [0.3, 0.4) is 0 Å². The molecule has 0 aliphatic heterocycles. The van der Waals surface area contributed by atoms with Crippen molar-refractivity contribution in [2.75, 3.05) is 11.9 Å². The van der Waals surface area contributed by atoms with Crippen molar-refractivity contribution in [2.45, 2.75) is 46.1 Å². The van der Waals surface area contributed by atoms with Gasteiger partial charge in [-0.1, -0.05) is 50.6 Å². The van der Waals surface area contributed by atoms with Gasteiger partial charge in [-0.25, -0.2) is 9.78 Å². The number of amides is 1. The Balaban J connectivity index is 1.41. The molecule has 0 spiro atoms. The number of ether oxygens (including phenoxy) is 2. The summed E-state index contributed by atoms with van der Waals surface area (Å²) in [5.41, 5.74) is 3.74. The normalized spacial score (nSPS) is 11.1. The molecular formula is C25H28N2O4S. The van der Waals surface area contributed by atoms with Gasteiger partial charge in [-0.05, 0) is 42.2 Å². The van der Waals surface area contributed by atoms with Crippen LogP contribution in [0.5, 0.6) is 5.75 Å². The maximum absolute atomic E-state index is 12.2. The molecule has 0 saturated heterocycles. The highest BCUT2D eigenvalue weighted by Gasteiger charge is 2.14. The first-order chi connectivity index (χ1) is 15.2. The maximum Gasteiger partial charge on any atom is 0.344 e. The van der Waals surface area contributed by atoms with E-state index in [0.717, 1.165) is 11.3 Å². The van der Waals surface area contributed by atoms with Crippen LogP contribution >= 0.6 is 11.3 Å². The fourth-order valence-corrected chi connectivity index (χ4v) is 3.64. The number of aromatic nitrogens is 1. The molecule has 3 aromatic rings. The van der Waals surface area contributed by atoms with E-state index in [4.69, 9.17) is 9.47 Å². The molecule has 168 valence electrons. The minimum absolute atomic E-state index is 0.0429. The zero-order chi connectivity index (χ0) is 23.1. The Hall–Kier alpha value is -3.19. The smallest absolute Gasteiger partial charge is 0.344 e. The largest absolute Gasteiger partial charge is 0.482 e. The fraction of sp³-hybridized carbons (Fsp3) is 0.320. The first-order valence-corrected chi connectivity index (χ1v) is 11.3. The highest BCUT2D eigenvalue weighted by Crippen LogP contribution is 2.24. The molecule has 6 nitrogen and oxygen atoms in total. The van der Waals surface area contributed by atoms with E-state index in [1.54, 1.807) is 5.38 Å². The van der Waals surface area contributed by atoms with E-state index in [9.17, 15) is 9.59 Å². The standard InChI is InChI=1S/C25H28N2O4S/c1-17-5-9-19(10-6-17)26-22(28)13-23-27-20(16-32-23)14-31-24(29)15-30-21-11-7-18(8-12-21)25(2,3)4/h5-12,16H,13-15H2,1-4H3,(H,26,28). The Kier molecular flexibility index (Phi) is 7.64. The summed E-state index contributed by atoms with van der Waals surface area (Å²) < 4.78 is 10.7. The predicted molar refractivity (Wildman–Crippen MR) is 126 cm³/mol. The molecule has 0 unspecified atom stereocenters. The van der Waals surface area contributed by atoms with Crippen LogP contribution in [0.2, 0.25) is 0 Å². The molecule has 2 aromatic carbocycles. The Morgan fingerprint density at radius 2 is 1.72 bits per heavy atom. The molecule has 1 aromatic heterocycles. The lowest BCUT2D eigenvalue weighted by Gasteiger charge is -2.19. The highest BCUT2D eigenvalue weighted by molar-refractivity contribution is 7.09. The summed E-state index contributed by atoms with van der Waals surface area (Å²) in [6.45, 7) is 8.28. The van der Waals surface area contributed by atoms with Crippen molar-refractivity contribution in [1.82, 2.24) is 4.98 Å². The summed E-state index contributed by atoms with van der Waals surface area (Å²) in [6, 6.07) is 15.3. The molecule has 0 bridgehead atoms. The number of anilines is 1. The molecule has 0 fully saturated rings. The molecule has 7 heteroatoms. The predicted octanol–water partition coefficient (Wildman–Crippen LogP) is 5.05. The molecule has 0 aliphatic carbocycles. The average Bonchev–Trinajstić information content (AvgIpc) is 3.19. The average molecular weight is 453 g/mol. The van der Waals surface area contributed by atoms with E-state index >= 15 is 0 Å². The number of nitrogens with zero attached hydrogens (tertiary/aromatic N) is 1. The quantitative estimate of drug-likeness (QED) is 0.484. The van der Waals surface area contributed by atoms with Crippen LogP contribution in [0.25, 0.3) is 0 Å². The van der Waals surface area contributed by atoms with Gasteiger partial charge in [0.15, 0.2) is 6.61 Å². The van der Waals surface area contributed by atoms with Gasteiger partial charge in [0, 0.05) is 11.1 Å². The molecular weight excluding hydrogens is 424 g/mol. The lowest BCUT2D eigenvalue weighted by Crippen LogP contribution is -2.15. The van der Waals surface area contributed by atoms with E-state index in [1.165, 1.54) is 16.9 Å². The first-order valence-electron chi connectivity index (χ1n) is 10.4. The topological polar surface area (TPSA) is 77.5 Å². The number of rotatable bonds is 8. The van der Waals surface area contributed by atoms with Gasteiger partial charge in [0.05, 0.1) is 12.1 Å². The van der Waals surface area contributed by atoms with Crippen LogP contribution in [-0.4, -0.2) is 23.5 Å². The zero-order valence-corrected chi connectivity index (χ0v) is 19.6. The number of aryl methyl sites for hydroxylation is 1. The third-order valence-corrected chi connectivity index (χ3v) is 5.60. The number of benzene rings is 2. The number of esters is 1. The molecule has 3 rings (SSSR count). The minimum Gasteiger partial charge on any atom is -0.482 e. The molecule has 1 N–H and O–H groups in total. The number of thiazole rings is 1. The van der Waals surface area contributed by atoms with Crippen molar-refractivity contribution in [3.8, 4) is 5.75 Å². The molecule has 0 saturated carbocycles. The van der Waals surface area contributed by atoms with E-state index in [1.807, 2.05) is 55.5 Å². The van der Waals surface area contributed by atoms with E-state index in [-0.39, 0.29) is 31.0 Å². The second-order valence-corrected chi connectivity index (χ2v) is 9.49. The fourth-order valence-electron chi connectivity index (χ4n) is 2.87. The summed E-state index contributed by atoms with van der Waals surface area (Å²) in [4.78, 5) is 28.6. The third kappa shape index (κ3) is 7.20. The van der Waals surface area contributed by atoms with Crippen LogP contribution in [-0.2, 0) is 32.8 Å². The zero-order valence-electron chi connectivity index (χ0n) is 18.8. The SMILES string of the molecule is Cc1ccc(NC(=O)Cc2nc(COC(=O)COc3ccc(C(C)(C)C)cc3)cs2)cc1.